The van der Waals surface area contributed by atoms with E-state index in [0.29, 0.717) is 18.7 Å². The Balaban J connectivity index is 1.87. The van der Waals surface area contributed by atoms with Gasteiger partial charge < -0.3 is 35.8 Å². The van der Waals surface area contributed by atoms with E-state index in [-0.39, 0.29) is 18.1 Å². The first kappa shape index (κ1) is 20.2. The SMILES string of the molecule is CCCCC1(O)N=C(N)Nc2c1ncn2[C@H]1C[C@H](OP(=O)(O)O)[C@@H](CO)O1. The summed E-state index contributed by atoms with van der Waals surface area (Å²) in [6, 6.07) is 0. The van der Waals surface area contributed by atoms with Crippen LogP contribution in [0.25, 0.3) is 0 Å². The molecule has 1 saturated heterocycles. The molecule has 4 atom stereocenters. The number of hydrogen-bond donors (Lipinski definition) is 6. The van der Waals surface area contributed by atoms with Gasteiger partial charge in [0.05, 0.1) is 12.9 Å². The second kappa shape index (κ2) is 7.47. The Morgan fingerprint density at radius 2 is 2.30 bits per heavy atom. The van der Waals surface area contributed by atoms with Crippen molar-refractivity contribution in [2.75, 3.05) is 11.9 Å². The number of aliphatic hydroxyl groups is 2. The number of imidazole rings is 1. The predicted octanol–water partition coefficient (Wildman–Crippen LogP) is -0.284. The van der Waals surface area contributed by atoms with Crippen molar-refractivity contribution < 1.29 is 33.8 Å². The first-order valence-corrected chi connectivity index (χ1v) is 10.1. The average molecular weight is 405 g/mol. The quantitative estimate of drug-likeness (QED) is 0.330. The third-order valence-electron chi connectivity index (χ3n) is 4.55. The standard InChI is InChI=1S/C14H24N5O7P/c1-2-3-4-14(21)11-12(17-13(15)18-14)19(7-16-11)10-5-8(9(6-20)25-10)26-27(22,23)24/h7-10,20-21H,2-6H2,1H3,(H3,15,17,18)(H2,22,23,24)/t8-,9+,10+,14?/m0/s1. The molecule has 1 aromatic rings. The Morgan fingerprint density at radius 1 is 1.56 bits per heavy atom. The lowest BCUT2D eigenvalue weighted by molar-refractivity contribution is -0.0432. The smallest absolute Gasteiger partial charge is 0.394 e. The van der Waals surface area contributed by atoms with E-state index in [0.717, 1.165) is 6.42 Å². The highest BCUT2D eigenvalue weighted by molar-refractivity contribution is 7.46. The number of rotatable bonds is 7. The average Bonchev–Trinajstić information content (AvgIpc) is 3.15. The third-order valence-corrected chi connectivity index (χ3v) is 5.09. The molecule has 0 radical (unpaired) electrons. The summed E-state index contributed by atoms with van der Waals surface area (Å²) in [4.78, 5) is 26.4. The van der Waals surface area contributed by atoms with Crippen LogP contribution in [-0.4, -0.2) is 54.3 Å². The van der Waals surface area contributed by atoms with Crippen molar-refractivity contribution in [3.63, 3.8) is 0 Å². The Labute approximate surface area is 155 Å². The zero-order valence-electron chi connectivity index (χ0n) is 14.7. The highest BCUT2D eigenvalue weighted by Gasteiger charge is 2.44. The number of phosphoric acid groups is 1. The molecule has 152 valence electrons. The number of aliphatic imine (C=N–C) groups is 1. The highest BCUT2D eigenvalue weighted by atomic mass is 31.2. The molecule has 0 bridgehead atoms. The van der Waals surface area contributed by atoms with E-state index in [1.54, 1.807) is 4.57 Å². The van der Waals surface area contributed by atoms with Crippen LogP contribution in [0.3, 0.4) is 0 Å². The minimum atomic E-state index is -4.75. The van der Waals surface area contributed by atoms with Gasteiger partial charge in [-0.2, -0.15) is 0 Å². The van der Waals surface area contributed by atoms with Gasteiger partial charge in [0.25, 0.3) is 0 Å². The van der Waals surface area contributed by atoms with Crippen LogP contribution < -0.4 is 11.1 Å². The molecule has 1 aromatic heterocycles. The summed E-state index contributed by atoms with van der Waals surface area (Å²) in [7, 11) is -4.75. The molecular weight excluding hydrogens is 381 g/mol. The topological polar surface area (TPSA) is 185 Å². The molecule has 0 aromatic carbocycles. The summed E-state index contributed by atoms with van der Waals surface area (Å²) < 4.78 is 23.1. The van der Waals surface area contributed by atoms with Crippen LogP contribution in [0.1, 0.15) is 44.5 Å². The number of anilines is 1. The molecule has 7 N–H and O–H groups in total. The van der Waals surface area contributed by atoms with Crippen LogP contribution in [0.5, 0.6) is 0 Å². The lowest BCUT2D eigenvalue weighted by atomic mass is 10.0. The molecule has 2 aliphatic heterocycles. The Bertz CT molecular complexity index is 765. The van der Waals surface area contributed by atoms with Crippen LogP contribution in [0.15, 0.2) is 11.3 Å². The normalized spacial score (nSPS) is 30.7. The number of hydrogen-bond acceptors (Lipinski definition) is 9. The Hall–Kier alpha value is -1.53. The van der Waals surface area contributed by atoms with Gasteiger partial charge >= 0.3 is 7.82 Å². The molecule has 2 aliphatic rings. The van der Waals surface area contributed by atoms with Gasteiger partial charge in [-0.05, 0) is 6.42 Å². The first-order chi connectivity index (χ1) is 12.7. The maximum absolute atomic E-state index is 11.1. The summed E-state index contributed by atoms with van der Waals surface area (Å²) in [6.45, 7) is 1.51. The molecule has 0 aliphatic carbocycles. The Kier molecular flexibility index (Phi) is 5.59. The summed E-state index contributed by atoms with van der Waals surface area (Å²) in [5.41, 5.74) is 4.54. The van der Waals surface area contributed by atoms with Gasteiger partial charge in [0, 0.05) is 12.8 Å². The van der Waals surface area contributed by atoms with Crippen molar-refractivity contribution in [1.82, 2.24) is 9.55 Å². The second-order valence-corrected chi connectivity index (χ2v) is 7.77. The molecule has 0 spiro atoms. The van der Waals surface area contributed by atoms with E-state index in [1.807, 2.05) is 6.92 Å². The first-order valence-electron chi connectivity index (χ1n) is 8.59. The predicted molar refractivity (Wildman–Crippen MR) is 93.4 cm³/mol. The lowest BCUT2D eigenvalue weighted by Gasteiger charge is -2.29. The van der Waals surface area contributed by atoms with Crippen molar-refractivity contribution >= 4 is 19.6 Å². The fraction of sp³-hybridized carbons (Fsp3) is 0.714. The number of nitrogens with zero attached hydrogens (tertiary/aromatic N) is 3. The van der Waals surface area contributed by atoms with Crippen molar-refractivity contribution in [2.24, 2.45) is 10.7 Å². The maximum Gasteiger partial charge on any atom is 0.469 e. The molecule has 27 heavy (non-hydrogen) atoms. The molecular formula is C14H24N5O7P. The van der Waals surface area contributed by atoms with Gasteiger partial charge in [0.1, 0.15) is 29.9 Å². The number of guanidine groups is 1. The van der Waals surface area contributed by atoms with Crippen molar-refractivity contribution in [1.29, 1.82) is 0 Å². The monoisotopic (exact) mass is 405 g/mol. The maximum atomic E-state index is 11.1. The number of unbranched alkanes of at least 4 members (excludes halogenated alkanes) is 1. The number of ether oxygens (including phenoxy) is 1. The third kappa shape index (κ3) is 4.16. The van der Waals surface area contributed by atoms with Crippen LogP contribution in [0, 0.1) is 0 Å². The van der Waals surface area contributed by atoms with Gasteiger partial charge in [-0.1, -0.05) is 13.3 Å². The molecule has 1 unspecified atom stereocenters. The molecule has 1 fully saturated rings. The number of phosphoric ester groups is 1. The van der Waals surface area contributed by atoms with E-state index >= 15 is 0 Å². The minimum Gasteiger partial charge on any atom is -0.394 e. The molecule has 13 heteroatoms. The number of nitrogens with two attached hydrogens (primary N) is 1. The fourth-order valence-corrected chi connectivity index (χ4v) is 3.89. The van der Waals surface area contributed by atoms with Crippen LogP contribution >= 0.6 is 7.82 Å². The van der Waals surface area contributed by atoms with E-state index in [4.69, 9.17) is 24.8 Å². The van der Waals surface area contributed by atoms with Crippen LogP contribution in [0.2, 0.25) is 0 Å². The van der Waals surface area contributed by atoms with Crippen molar-refractivity contribution in [3.8, 4) is 0 Å². The fourth-order valence-electron chi connectivity index (χ4n) is 3.32. The van der Waals surface area contributed by atoms with E-state index in [2.05, 4.69) is 15.3 Å². The minimum absolute atomic E-state index is 0.0163. The van der Waals surface area contributed by atoms with Gasteiger partial charge in [-0.25, -0.2) is 14.5 Å². The van der Waals surface area contributed by atoms with Crippen molar-refractivity contribution in [2.45, 2.75) is 56.8 Å². The number of nitrogens with one attached hydrogen (secondary N) is 1. The zero-order chi connectivity index (χ0) is 19.8. The number of fused-ring (bicyclic) bond motifs is 1. The summed E-state index contributed by atoms with van der Waals surface area (Å²) >= 11 is 0. The molecule has 0 saturated carbocycles. The van der Waals surface area contributed by atoms with Crippen LogP contribution in [0.4, 0.5) is 5.82 Å². The van der Waals surface area contributed by atoms with Gasteiger partial charge in [0.15, 0.2) is 5.96 Å². The van der Waals surface area contributed by atoms with E-state index in [1.165, 1.54) is 6.33 Å². The van der Waals surface area contributed by atoms with Crippen LogP contribution in [-0.2, 0) is 19.6 Å². The van der Waals surface area contributed by atoms with E-state index in [9.17, 15) is 14.8 Å². The number of aromatic nitrogens is 2. The van der Waals surface area contributed by atoms with Gasteiger partial charge in [0.2, 0.25) is 5.72 Å². The van der Waals surface area contributed by atoms with E-state index < -0.39 is 38.6 Å². The molecule has 0 amide bonds. The largest absolute Gasteiger partial charge is 0.469 e. The highest BCUT2D eigenvalue weighted by Crippen LogP contribution is 2.45. The molecule has 3 heterocycles. The summed E-state index contributed by atoms with van der Waals surface area (Å²) in [6.07, 6.45) is 0.722. The van der Waals surface area contributed by atoms with Gasteiger partial charge in [-0.15, -0.1) is 0 Å². The molecule has 3 rings (SSSR count). The van der Waals surface area contributed by atoms with Crippen molar-refractivity contribution in [3.05, 3.63) is 12.0 Å². The number of aliphatic hydroxyl groups excluding tert-OH is 1. The van der Waals surface area contributed by atoms with Gasteiger partial charge in [-0.3, -0.25) is 9.09 Å². The zero-order valence-corrected chi connectivity index (χ0v) is 15.6. The Morgan fingerprint density at radius 3 is 2.93 bits per heavy atom. The lowest BCUT2D eigenvalue weighted by Crippen LogP contribution is -2.38. The second-order valence-electron chi connectivity index (χ2n) is 6.57. The molecule has 12 nitrogen and oxygen atoms in total. The summed E-state index contributed by atoms with van der Waals surface area (Å²) in [5.74, 6) is 0.391. The summed E-state index contributed by atoms with van der Waals surface area (Å²) in [5, 5.41) is 23.2.